The lowest BCUT2D eigenvalue weighted by atomic mass is 10.1. The first kappa shape index (κ1) is 18.4. The highest BCUT2D eigenvalue weighted by molar-refractivity contribution is 6.22. The normalized spacial score (nSPS) is 20.7. The molecule has 0 aromatic heterocycles. The molecule has 0 saturated carbocycles. The standard InChI is InChI=1S/C22H23N3O3/c1-16(26)17-7-9-18(10-8-17)23-11-13-24(14-12-23)20-15-21(27)25(22(20)28)19-5-3-2-4-6-19/h2-10,20H,11-15H2,1H3/t20-/m1/s1. The highest BCUT2D eigenvalue weighted by atomic mass is 16.2. The number of carbonyl (C=O) groups excluding carboxylic acids is 3. The maximum absolute atomic E-state index is 12.9. The fraction of sp³-hybridized carbons (Fsp3) is 0.318. The number of ketones is 1. The Hall–Kier alpha value is -2.99. The van der Waals surface area contributed by atoms with E-state index in [1.165, 1.54) is 4.90 Å². The maximum Gasteiger partial charge on any atom is 0.251 e. The number of nitrogens with zero attached hydrogens (tertiary/aromatic N) is 3. The number of amides is 2. The molecular weight excluding hydrogens is 354 g/mol. The monoisotopic (exact) mass is 377 g/mol. The van der Waals surface area contributed by atoms with Crippen LogP contribution in [0.25, 0.3) is 0 Å². The molecule has 0 bridgehead atoms. The van der Waals surface area contributed by atoms with Crippen molar-refractivity contribution in [2.45, 2.75) is 19.4 Å². The van der Waals surface area contributed by atoms with Gasteiger partial charge < -0.3 is 4.90 Å². The average molecular weight is 377 g/mol. The van der Waals surface area contributed by atoms with Gasteiger partial charge in [-0.3, -0.25) is 19.3 Å². The van der Waals surface area contributed by atoms with Crippen LogP contribution in [0.4, 0.5) is 11.4 Å². The number of hydrogen-bond acceptors (Lipinski definition) is 5. The maximum atomic E-state index is 12.9. The van der Waals surface area contributed by atoms with E-state index in [1.807, 2.05) is 42.5 Å². The molecule has 6 heteroatoms. The van der Waals surface area contributed by atoms with Crippen molar-refractivity contribution >= 4 is 29.0 Å². The van der Waals surface area contributed by atoms with Crippen LogP contribution in [0.5, 0.6) is 0 Å². The summed E-state index contributed by atoms with van der Waals surface area (Å²) in [6.45, 7) is 4.57. The van der Waals surface area contributed by atoms with E-state index in [1.54, 1.807) is 19.1 Å². The number of hydrogen-bond donors (Lipinski definition) is 0. The number of carbonyl (C=O) groups is 3. The predicted molar refractivity (Wildman–Crippen MR) is 108 cm³/mol. The highest BCUT2D eigenvalue weighted by Gasteiger charge is 2.43. The van der Waals surface area contributed by atoms with Gasteiger partial charge in [0.2, 0.25) is 5.91 Å². The van der Waals surface area contributed by atoms with Crippen LogP contribution in [-0.4, -0.2) is 54.7 Å². The summed E-state index contributed by atoms with van der Waals surface area (Å²) in [5, 5.41) is 0. The van der Waals surface area contributed by atoms with Gasteiger partial charge in [0.15, 0.2) is 5.78 Å². The first-order valence-electron chi connectivity index (χ1n) is 9.56. The van der Waals surface area contributed by atoms with E-state index in [4.69, 9.17) is 0 Å². The molecule has 2 aromatic rings. The van der Waals surface area contributed by atoms with Crippen LogP contribution in [0, 0.1) is 0 Å². The Morgan fingerprint density at radius 3 is 2.11 bits per heavy atom. The van der Waals surface area contributed by atoms with Gasteiger partial charge in [0.25, 0.3) is 5.91 Å². The quantitative estimate of drug-likeness (QED) is 0.605. The lowest BCUT2D eigenvalue weighted by Gasteiger charge is -2.38. The van der Waals surface area contributed by atoms with Crippen LogP contribution in [0.3, 0.4) is 0 Å². The smallest absolute Gasteiger partial charge is 0.251 e. The van der Waals surface area contributed by atoms with E-state index in [9.17, 15) is 14.4 Å². The summed E-state index contributed by atoms with van der Waals surface area (Å²) in [5.74, 6) is -0.206. The zero-order valence-electron chi connectivity index (χ0n) is 15.9. The second kappa shape index (κ2) is 7.56. The molecule has 2 heterocycles. The molecule has 4 rings (SSSR count). The number of benzene rings is 2. The van der Waals surface area contributed by atoms with E-state index in [0.29, 0.717) is 11.3 Å². The van der Waals surface area contributed by atoms with Gasteiger partial charge in [0, 0.05) is 37.4 Å². The largest absolute Gasteiger partial charge is 0.369 e. The van der Waals surface area contributed by atoms with E-state index < -0.39 is 0 Å². The molecule has 2 aromatic carbocycles. The Labute approximate surface area is 164 Å². The lowest BCUT2D eigenvalue weighted by Crippen LogP contribution is -2.52. The molecule has 0 N–H and O–H groups in total. The van der Waals surface area contributed by atoms with Crippen LogP contribution in [-0.2, 0) is 9.59 Å². The number of piperazine rings is 1. The minimum Gasteiger partial charge on any atom is -0.369 e. The molecule has 0 spiro atoms. The second-order valence-electron chi connectivity index (χ2n) is 7.25. The minimum atomic E-state index is -0.380. The number of Topliss-reactive ketones (excluding diaryl/α,β-unsaturated/α-hetero) is 1. The predicted octanol–water partition coefficient (Wildman–Crippen LogP) is 2.34. The summed E-state index contributed by atoms with van der Waals surface area (Å²) in [4.78, 5) is 42.4. The van der Waals surface area contributed by atoms with Gasteiger partial charge in [-0.05, 0) is 43.3 Å². The number of anilines is 2. The summed E-state index contributed by atoms with van der Waals surface area (Å²) in [6, 6.07) is 16.4. The van der Waals surface area contributed by atoms with Gasteiger partial charge in [-0.15, -0.1) is 0 Å². The summed E-state index contributed by atoms with van der Waals surface area (Å²) in [7, 11) is 0. The van der Waals surface area contributed by atoms with Crippen molar-refractivity contribution in [1.82, 2.24) is 4.90 Å². The van der Waals surface area contributed by atoms with Gasteiger partial charge >= 0.3 is 0 Å². The molecule has 2 fully saturated rings. The fourth-order valence-corrected chi connectivity index (χ4v) is 3.95. The molecule has 6 nitrogen and oxygen atoms in total. The number of para-hydroxylation sites is 1. The number of imide groups is 1. The Morgan fingerprint density at radius 2 is 1.50 bits per heavy atom. The average Bonchev–Trinajstić information content (AvgIpc) is 3.03. The van der Waals surface area contributed by atoms with E-state index in [0.717, 1.165) is 31.9 Å². The van der Waals surface area contributed by atoms with Crippen LogP contribution in [0.2, 0.25) is 0 Å². The summed E-state index contributed by atoms with van der Waals surface area (Å²) in [5.41, 5.74) is 2.42. The second-order valence-corrected chi connectivity index (χ2v) is 7.25. The van der Waals surface area contributed by atoms with Gasteiger partial charge in [-0.2, -0.15) is 0 Å². The summed E-state index contributed by atoms with van der Waals surface area (Å²) in [6.07, 6.45) is 0.237. The van der Waals surface area contributed by atoms with Crippen LogP contribution in [0.15, 0.2) is 54.6 Å². The zero-order valence-corrected chi connectivity index (χ0v) is 15.9. The van der Waals surface area contributed by atoms with Crippen molar-refractivity contribution in [2.24, 2.45) is 0 Å². The SMILES string of the molecule is CC(=O)c1ccc(N2CCN([C@@H]3CC(=O)N(c4ccccc4)C3=O)CC2)cc1. The molecule has 2 saturated heterocycles. The first-order valence-corrected chi connectivity index (χ1v) is 9.56. The van der Waals surface area contributed by atoms with Crippen LogP contribution in [0.1, 0.15) is 23.7 Å². The van der Waals surface area contributed by atoms with Gasteiger partial charge in [0.1, 0.15) is 0 Å². The molecule has 2 aliphatic rings. The topological polar surface area (TPSA) is 60.9 Å². The highest BCUT2D eigenvalue weighted by Crippen LogP contribution is 2.27. The Morgan fingerprint density at radius 1 is 0.857 bits per heavy atom. The van der Waals surface area contributed by atoms with E-state index in [-0.39, 0.29) is 30.1 Å². The molecule has 2 aliphatic heterocycles. The van der Waals surface area contributed by atoms with Crippen molar-refractivity contribution in [3.05, 3.63) is 60.2 Å². The van der Waals surface area contributed by atoms with Crippen molar-refractivity contribution in [3.63, 3.8) is 0 Å². The molecule has 2 amide bonds. The molecule has 1 atom stereocenters. The first-order chi connectivity index (χ1) is 13.5. The molecule has 0 radical (unpaired) electrons. The molecular formula is C22H23N3O3. The third-order valence-electron chi connectivity index (χ3n) is 5.53. The molecule has 144 valence electrons. The zero-order chi connectivity index (χ0) is 19.7. The van der Waals surface area contributed by atoms with E-state index >= 15 is 0 Å². The summed E-state index contributed by atoms with van der Waals surface area (Å²) < 4.78 is 0. The minimum absolute atomic E-state index is 0.0590. The van der Waals surface area contributed by atoms with Crippen molar-refractivity contribution < 1.29 is 14.4 Å². The van der Waals surface area contributed by atoms with Crippen molar-refractivity contribution in [1.29, 1.82) is 0 Å². The fourth-order valence-electron chi connectivity index (χ4n) is 3.95. The van der Waals surface area contributed by atoms with Crippen LogP contribution >= 0.6 is 0 Å². The van der Waals surface area contributed by atoms with Gasteiger partial charge in [-0.25, -0.2) is 4.90 Å². The van der Waals surface area contributed by atoms with Crippen LogP contribution < -0.4 is 9.80 Å². The number of rotatable bonds is 4. The Bertz CT molecular complexity index is 887. The lowest BCUT2D eigenvalue weighted by molar-refractivity contribution is -0.123. The van der Waals surface area contributed by atoms with Gasteiger partial charge in [-0.1, -0.05) is 18.2 Å². The molecule has 0 aliphatic carbocycles. The Kier molecular flexibility index (Phi) is 4.96. The Balaban J connectivity index is 1.40. The van der Waals surface area contributed by atoms with E-state index in [2.05, 4.69) is 9.80 Å². The third-order valence-corrected chi connectivity index (χ3v) is 5.53. The van der Waals surface area contributed by atoms with Crippen molar-refractivity contribution in [2.75, 3.05) is 36.0 Å². The molecule has 0 unspecified atom stereocenters. The van der Waals surface area contributed by atoms with Crippen molar-refractivity contribution in [3.8, 4) is 0 Å². The molecule has 28 heavy (non-hydrogen) atoms. The third kappa shape index (κ3) is 3.43. The van der Waals surface area contributed by atoms with Gasteiger partial charge in [0.05, 0.1) is 18.2 Å². The summed E-state index contributed by atoms with van der Waals surface area (Å²) >= 11 is 0.